The lowest BCUT2D eigenvalue weighted by Crippen LogP contribution is -1.97. The van der Waals surface area contributed by atoms with Gasteiger partial charge in [0.15, 0.2) is 5.76 Å². The van der Waals surface area contributed by atoms with Gasteiger partial charge in [-0.2, -0.15) is 0 Å². The summed E-state index contributed by atoms with van der Waals surface area (Å²) in [6.07, 6.45) is 3.71. The quantitative estimate of drug-likeness (QED) is 0.331. The third-order valence-corrected chi connectivity index (χ3v) is 5.81. The molecule has 5 rings (SSSR count). The summed E-state index contributed by atoms with van der Waals surface area (Å²) in [4.78, 5) is 4.30. The highest BCUT2D eigenvalue weighted by Gasteiger charge is 2.19. The molecule has 6 heteroatoms. The minimum atomic E-state index is -0.244. The molecule has 0 saturated carbocycles. The molecule has 0 aliphatic rings. The minimum Gasteiger partial charge on any atom is -0.495 e. The zero-order valence-corrected chi connectivity index (χ0v) is 18.0. The zero-order chi connectivity index (χ0) is 22.2. The summed E-state index contributed by atoms with van der Waals surface area (Å²) in [5.41, 5.74) is 5.54. The minimum absolute atomic E-state index is 0.0404. The number of aryl methyl sites for hydroxylation is 1. The number of halogens is 1. The highest BCUT2D eigenvalue weighted by molar-refractivity contribution is 5.94. The van der Waals surface area contributed by atoms with Gasteiger partial charge in [0.25, 0.3) is 0 Å². The highest BCUT2D eigenvalue weighted by atomic mass is 19.1. The van der Waals surface area contributed by atoms with Gasteiger partial charge >= 0.3 is 0 Å². The predicted molar refractivity (Wildman–Crippen MR) is 122 cm³/mol. The molecule has 1 unspecified atom stereocenters. The molecule has 0 radical (unpaired) electrons. The first-order chi connectivity index (χ1) is 15.5. The molecule has 0 spiro atoms. The molecule has 3 aromatic carbocycles. The largest absolute Gasteiger partial charge is 0.495 e. The maximum Gasteiger partial charge on any atom is 0.174 e. The van der Waals surface area contributed by atoms with Crippen LogP contribution in [0.15, 0.2) is 77.7 Å². The van der Waals surface area contributed by atoms with E-state index < -0.39 is 0 Å². The van der Waals surface area contributed by atoms with Crippen LogP contribution in [0.3, 0.4) is 0 Å². The topological polar surface area (TPSA) is 53.1 Å². The Balaban J connectivity index is 1.57. The molecule has 160 valence electrons. The second-order valence-electron chi connectivity index (χ2n) is 7.84. The van der Waals surface area contributed by atoms with E-state index >= 15 is 0 Å². The molecule has 0 bridgehead atoms. The molecule has 0 saturated heterocycles. The molecule has 0 amide bonds. The molecule has 1 atom stereocenters. The van der Waals surface area contributed by atoms with Crippen molar-refractivity contribution in [2.24, 2.45) is 0 Å². The molecule has 2 aromatic heterocycles. The van der Waals surface area contributed by atoms with Crippen molar-refractivity contribution < 1.29 is 13.7 Å². The van der Waals surface area contributed by atoms with Gasteiger partial charge in [0.05, 0.1) is 30.2 Å². The Morgan fingerprint density at radius 3 is 2.59 bits per heavy atom. The molecule has 2 heterocycles. The average molecular weight is 427 g/mol. The summed E-state index contributed by atoms with van der Waals surface area (Å²) in [5, 5.41) is 5.31. The predicted octanol–water partition coefficient (Wildman–Crippen LogP) is 6.29. The van der Waals surface area contributed by atoms with E-state index in [0.29, 0.717) is 11.5 Å². The van der Waals surface area contributed by atoms with Crippen LogP contribution in [0.25, 0.3) is 27.9 Å². The van der Waals surface area contributed by atoms with Crippen molar-refractivity contribution in [3.05, 3.63) is 95.8 Å². The van der Waals surface area contributed by atoms with Crippen molar-refractivity contribution in [2.75, 3.05) is 7.11 Å². The van der Waals surface area contributed by atoms with Crippen LogP contribution in [0.4, 0.5) is 4.39 Å². The van der Waals surface area contributed by atoms with E-state index in [9.17, 15) is 4.39 Å². The first-order valence-electron chi connectivity index (χ1n) is 10.4. The van der Waals surface area contributed by atoms with E-state index in [4.69, 9.17) is 9.26 Å². The van der Waals surface area contributed by atoms with Crippen molar-refractivity contribution >= 4 is 10.9 Å². The summed E-state index contributed by atoms with van der Waals surface area (Å²) < 4.78 is 26.7. The Labute approximate surface area is 185 Å². The van der Waals surface area contributed by atoms with Gasteiger partial charge in [0.2, 0.25) is 0 Å². The van der Waals surface area contributed by atoms with Crippen LogP contribution in [0.5, 0.6) is 5.75 Å². The number of rotatable bonds is 5. The van der Waals surface area contributed by atoms with Crippen molar-refractivity contribution in [3.63, 3.8) is 0 Å². The van der Waals surface area contributed by atoms with Crippen LogP contribution in [0.2, 0.25) is 0 Å². The van der Waals surface area contributed by atoms with E-state index in [1.807, 2.05) is 54.1 Å². The lowest BCUT2D eigenvalue weighted by atomic mass is 9.91. The Bertz CT molecular complexity index is 1400. The number of aromatic nitrogens is 3. The maximum atomic E-state index is 13.4. The number of methoxy groups -OCH3 is 1. The van der Waals surface area contributed by atoms with E-state index in [0.717, 1.165) is 39.0 Å². The van der Waals surface area contributed by atoms with Crippen molar-refractivity contribution in [1.29, 1.82) is 0 Å². The van der Waals surface area contributed by atoms with Crippen molar-refractivity contribution in [2.45, 2.75) is 19.8 Å². The molecule has 0 fully saturated rings. The molecule has 5 aromatic rings. The smallest absolute Gasteiger partial charge is 0.174 e. The van der Waals surface area contributed by atoms with Crippen LogP contribution < -0.4 is 4.74 Å². The number of fused-ring (bicyclic) bond motifs is 1. The van der Waals surface area contributed by atoms with E-state index in [2.05, 4.69) is 17.1 Å². The lowest BCUT2D eigenvalue weighted by molar-refractivity contribution is 0.412. The van der Waals surface area contributed by atoms with E-state index in [-0.39, 0.29) is 11.7 Å². The zero-order valence-electron chi connectivity index (χ0n) is 18.0. The summed E-state index contributed by atoms with van der Waals surface area (Å²) in [5.74, 6) is 1.19. The number of hydrogen-bond donors (Lipinski definition) is 0. The molecule has 0 aliphatic heterocycles. The second-order valence-corrected chi connectivity index (χ2v) is 7.84. The molecule has 0 N–H and O–H groups in total. The first kappa shape index (κ1) is 20.0. The van der Waals surface area contributed by atoms with Crippen LogP contribution in [0, 0.1) is 12.7 Å². The highest BCUT2D eigenvalue weighted by Crippen LogP contribution is 2.37. The fourth-order valence-corrected chi connectivity index (χ4v) is 4.06. The second kappa shape index (κ2) is 7.96. The van der Waals surface area contributed by atoms with Crippen LogP contribution in [-0.4, -0.2) is 21.8 Å². The fraction of sp³-hybridized carbons (Fsp3) is 0.154. The SMILES string of the molecule is COc1cc(-c2onc3c(C(C)c4ccc(F)cc4)cccc23)ccc1-n1cnc(C)c1. The summed E-state index contributed by atoms with van der Waals surface area (Å²) in [7, 11) is 1.65. The third-order valence-electron chi connectivity index (χ3n) is 5.81. The van der Waals surface area contributed by atoms with Gasteiger partial charge in [-0.3, -0.25) is 0 Å². The van der Waals surface area contributed by atoms with Crippen LogP contribution in [-0.2, 0) is 0 Å². The number of ether oxygens (including phenoxy) is 1. The average Bonchev–Trinajstić information content (AvgIpc) is 3.45. The normalized spacial score (nSPS) is 12.2. The van der Waals surface area contributed by atoms with Gasteiger partial charge in [-0.1, -0.05) is 36.3 Å². The van der Waals surface area contributed by atoms with Gasteiger partial charge in [0.1, 0.15) is 17.1 Å². The van der Waals surface area contributed by atoms with Crippen LogP contribution >= 0.6 is 0 Å². The molecule has 5 nitrogen and oxygen atoms in total. The van der Waals surface area contributed by atoms with E-state index in [1.165, 1.54) is 12.1 Å². The van der Waals surface area contributed by atoms with E-state index in [1.54, 1.807) is 25.6 Å². The van der Waals surface area contributed by atoms with Gasteiger partial charge in [-0.15, -0.1) is 0 Å². The lowest BCUT2D eigenvalue weighted by Gasteiger charge is -2.13. The number of benzene rings is 3. The Morgan fingerprint density at radius 2 is 1.88 bits per heavy atom. The van der Waals surface area contributed by atoms with Crippen molar-refractivity contribution in [3.8, 4) is 22.8 Å². The Hall–Kier alpha value is -3.93. The molecular formula is C26H22FN3O2. The standard InChI is InChI=1S/C26H22FN3O2/c1-16-14-30(15-28-16)23-12-9-19(13-24(23)31-3)26-22-6-4-5-21(25(22)29-32-26)17(2)18-7-10-20(27)11-8-18/h4-15,17H,1-3H3. The number of hydrogen-bond acceptors (Lipinski definition) is 4. The fourth-order valence-electron chi connectivity index (χ4n) is 4.06. The Morgan fingerprint density at radius 1 is 1.06 bits per heavy atom. The molecular weight excluding hydrogens is 405 g/mol. The third kappa shape index (κ3) is 3.43. The summed E-state index contributed by atoms with van der Waals surface area (Å²) in [6, 6.07) is 18.5. The van der Waals surface area contributed by atoms with Gasteiger partial charge < -0.3 is 13.8 Å². The maximum absolute atomic E-state index is 13.4. The van der Waals surface area contributed by atoms with Crippen LogP contribution in [0.1, 0.15) is 29.7 Å². The van der Waals surface area contributed by atoms with Gasteiger partial charge in [0, 0.05) is 17.7 Å². The number of imidazole rings is 1. The summed E-state index contributed by atoms with van der Waals surface area (Å²) in [6.45, 7) is 4.03. The summed E-state index contributed by atoms with van der Waals surface area (Å²) >= 11 is 0. The van der Waals surface area contributed by atoms with Gasteiger partial charge in [-0.25, -0.2) is 9.37 Å². The number of nitrogens with zero attached hydrogens (tertiary/aromatic N) is 3. The Kier molecular flexibility index (Phi) is 4.98. The van der Waals surface area contributed by atoms with Crippen molar-refractivity contribution in [1.82, 2.24) is 14.7 Å². The van der Waals surface area contributed by atoms with Gasteiger partial charge in [-0.05, 0) is 54.4 Å². The monoisotopic (exact) mass is 427 g/mol. The first-order valence-corrected chi connectivity index (χ1v) is 10.4. The molecule has 0 aliphatic carbocycles. The molecule has 32 heavy (non-hydrogen) atoms.